The molecule has 3 aliphatic rings. The van der Waals surface area contributed by atoms with Crippen molar-refractivity contribution in [2.75, 3.05) is 100 Å². The third kappa shape index (κ3) is 5.19. The van der Waals surface area contributed by atoms with Gasteiger partial charge in [0.1, 0.15) is 0 Å². The highest BCUT2D eigenvalue weighted by Crippen LogP contribution is 2.21. The van der Waals surface area contributed by atoms with Gasteiger partial charge in [-0.05, 0) is 7.05 Å². The number of nitrogens with one attached hydrogen (secondary N) is 1. The quantitative estimate of drug-likeness (QED) is 0.628. The molecular weight excluding hydrogens is 356 g/mol. The summed E-state index contributed by atoms with van der Waals surface area (Å²) < 4.78 is 0. The number of nitrogens with two attached hydrogens (primary N) is 1. The van der Waals surface area contributed by atoms with Gasteiger partial charge in [-0.2, -0.15) is 15.0 Å². The molecule has 10 nitrogen and oxygen atoms in total. The number of anilines is 3. The summed E-state index contributed by atoms with van der Waals surface area (Å²) in [5, 5.41) is 5.25. The van der Waals surface area contributed by atoms with E-state index in [1.165, 1.54) is 0 Å². The van der Waals surface area contributed by atoms with Crippen LogP contribution >= 0.6 is 0 Å². The number of likely N-dealkylation sites (N-methyl/N-ethyl adjacent to an activating group) is 1. The maximum atomic E-state index is 5.91. The van der Waals surface area contributed by atoms with Crippen LogP contribution in [-0.4, -0.2) is 110 Å². The van der Waals surface area contributed by atoms with Gasteiger partial charge >= 0.3 is 0 Å². The molecule has 0 unspecified atom stereocenters. The Hall–Kier alpha value is -1.75. The van der Waals surface area contributed by atoms with Crippen LogP contribution < -0.4 is 25.9 Å². The van der Waals surface area contributed by atoms with Crippen LogP contribution in [-0.2, 0) is 0 Å². The molecule has 0 aromatic carbocycles. The number of aromatic nitrogens is 3. The van der Waals surface area contributed by atoms with Crippen LogP contribution in [0.15, 0.2) is 0 Å². The predicted octanol–water partition coefficient (Wildman–Crippen LogP) is -0.945. The molecule has 0 radical (unpaired) electrons. The van der Waals surface area contributed by atoms with Crippen molar-refractivity contribution < 1.29 is 0 Å². The van der Waals surface area contributed by atoms with Gasteiger partial charge in [0.2, 0.25) is 17.8 Å². The molecule has 158 valence electrons. The third-order valence-electron chi connectivity index (χ3n) is 5.38. The molecular formula is C18H36N10. The Balaban J connectivity index is 0.00000109. The highest BCUT2D eigenvalue weighted by atomic mass is 15.5. The first kappa shape index (κ1) is 21.0. The lowest BCUT2D eigenvalue weighted by Crippen LogP contribution is -2.50. The first-order valence-electron chi connectivity index (χ1n) is 10.6. The van der Waals surface area contributed by atoms with Crippen LogP contribution in [0.1, 0.15) is 13.8 Å². The minimum absolute atomic E-state index is 0.788. The Bertz CT molecular complexity index is 550. The van der Waals surface area contributed by atoms with Crippen molar-refractivity contribution in [3.05, 3.63) is 0 Å². The maximum absolute atomic E-state index is 5.91. The van der Waals surface area contributed by atoms with Crippen molar-refractivity contribution in [2.24, 2.45) is 5.84 Å². The second-order valence-electron chi connectivity index (χ2n) is 7.29. The molecule has 0 aliphatic carbocycles. The van der Waals surface area contributed by atoms with Gasteiger partial charge in [0.15, 0.2) is 0 Å². The first-order chi connectivity index (χ1) is 13.7. The van der Waals surface area contributed by atoms with E-state index in [1.807, 2.05) is 18.9 Å². The fourth-order valence-corrected chi connectivity index (χ4v) is 3.56. The van der Waals surface area contributed by atoms with Crippen LogP contribution in [0.4, 0.5) is 17.8 Å². The van der Waals surface area contributed by atoms with Crippen molar-refractivity contribution >= 4 is 17.8 Å². The van der Waals surface area contributed by atoms with Crippen LogP contribution in [0.3, 0.4) is 0 Å². The summed E-state index contributed by atoms with van der Waals surface area (Å²) in [5.74, 6) is 8.31. The summed E-state index contributed by atoms with van der Waals surface area (Å²) in [4.78, 5) is 23.6. The second kappa shape index (κ2) is 10.1. The van der Waals surface area contributed by atoms with Gasteiger partial charge in [-0.1, -0.05) is 13.8 Å². The van der Waals surface area contributed by atoms with Gasteiger partial charge in [-0.25, -0.2) is 5.01 Å². The molecule has 3 aliphatic heterocycles. The summed E-state index contributed by atoms with van der Waals surface area (Å²) in [6.07, 6.45) is 0. The van der Waals surface area contributed by atoms with E-state index in [0.717, 1.165) is 96.4 Å². The Morgan fingerprint density at radius 1 is 0.643 bits per heavy atom. The van der Waals surface area contributed by atoms with Gasteiger partial charge in [-0.15, -0.1) is 0 Å². The van der Waals surface area contributed by atoms with E-state index in [1.54, 1.807) is 0 Å². The lowest BCUT2D eigenvalue weighted by molar-refractivity contribution is 0.265. The third-order valence-corrected chi connectivity index (χ3v) is 5.38. The Kier molecular flexibility index (Phi) is 7.60. The zero-order valence-electron chi connectivity index (χ0n) is 17.6. The zero-order chi connectivity index (χ0) is 19.9. The second-order valence-corrected chi connectivity index (χ2v) is 7.29. The van der Waals surface area contributed by atoms with E-state index >= 15 is 0 Å². The first-order valence-corrected chi connectivity index (χ1v) is 10.6. The fourth-order valence-electron chi connectivity index (χ4n) is 3.56. The maximum Gasteiger partial charge on any atom is 0.232 e. The Morgan fingerprint density at radius 2 is 1.04 bits per heavy atom. The molecule has 10 heteroatoms. The van der Waals surface area contributed by atoms with Crippen molar-refractivity contribution in [3.63, 3.8) is 0 Å². The van der Waals surface area contributed by atoms with Gasteiger partial charge in [-0.3, -0.25) is 5.84 Å². The molecule has 0 atom stereocenters. The molecule has 3 saturated heterocycles. The zero-order valence-corrected chi connectivity index (χ0v) is 17.6. The minimum atomic E-state index is 0.788. The molecule has 0 bridgehead atoms. The number of nitrogens with zero attached hydrogens (tertiary/aromatic N) is 8. The summed E-state index contributed by atoms with van der Waals surface area (Å²) in [5.41, 5.74) is 0. The van der Waals surface area contributed by atoms with E-state index in [-0.39, 0.29) is 0 Å². The highest BCUT2D eigenvalue weighted by molar-refractivity contribution is 5.47. The smallest absolute Gasteiger partial charge is 0.232 e. The van der Waals surface area contributed by atoms with E-state index in [2.05, 4.69) is 32.0 Å². The van der Waals surface area contributed by atoms with Crippen LogP contribution in [0.25, 0.3) is 0 Å². The molecule has 4 heterocycles. The summed E-state index contributed by atoms with van der Waals surface area (Å²) in [6.45, 7) is 15.2. The monoisotopic (exact) mass is 392 g/mol. The van der Waals surface area contributed by atoms with Crippen molar-refractivity contribution in [2.45, 2.75) is 13.8 Å². The number of hydrogen-bond donors (Lipinski definition) is 2. The van der Waals surface area contributed by atoms with Crippen molar-refractivity contribution in [1.82, 2.24) is 30.2 Å². The minimum Gasteiger partial charge on any atom is -0.338 e. The molecule has 1 aromatic heterocycles. The van der Waals surface area contributed by atoms with Gasteiger partial charge in [0, 0.05) is 78.5 Å². The van der Waals surface area contributed by atoms with Gasteiger partial charge in [0.05, 0.1) is 0 Å². The largest absolute Gasteiger partial charge is 0.338 e. The van der Waals surface area contributed by atoms with E-state index in [9.17, 15) is 0 Å². The van der Waals surface area contributed by atoms with E-state index in [4.69, 9.17) is 20.8 Å². The SMILES string of the molecule is CC.CN1CCN(c2nc(N3CCNCC3)nc(N3CCN(N)CC3)n2)CC1. The normalized spacial score (nSPS) is 22.1. The molecule has 0 spiro atoms. The molecule has 0 amide bonds. The number of hydrazine groups is 1. The van der Waals surface area contributed by atoms with Crippen LogP contribution in [0.2, 0.25) is 0 Å². The summed E-state index contributed by atoms with van der Waals surface area (Å²) in [7, 11) is 2.16. The van der Waals surface area contributed by atoms with Crippen LogP contribution in [0, 0.1) is 0 Å². The summed E-state index contributed by atoms with van der Waals surface area (Å²) >= 11 is 0. The number of rotatable bonds is 3. The lowest BCUT2D eigenvalue weighted by Gasteiger charge is -2.35. The molecule has 3 N–H and O–H groups in total. The summed E-state index contributed by atoms with van der Waals surface area (Å²) in [6, 6.07) is 0. The molecule has 1 aromatic rings. The van der Waals surface area contributed by atoms with Gasteiger partial charge < -0.3 is 24.9 Å². The molecule has 4 rings (SSSR count). The number of hydrogen-bond acceptors (Lipinski definition) is 10. The highest BCUT2D eigenvalue weighted by Gasteiger charge is 2.24. The molecule has 0 saturated carbocycles. The Morgan fingerprint density at radius 3 is 1.50 bits per heavy atom. The van der Waals surface area contributed by atoms with Crippen molar-refractivity contribution in [3.8, 4) is 0 Å². The topological polar surface area (TPSA) is 92.9 Å². The molecule has 3 fully saturated rings. The number of piperazine rings is 3. The van der Waals surface area contributed by atoms with Crippen molar-refractivity contribution in [1.29, 1.82) is 0 Å². The Labute approximate surface area is 168 Å². The standard InChI is InChI=1S/C16H30N10.C2H6/c1-22-6-8-24(9-7-22)15-19-14(23-4-2-18-3-5-23)20-16(21-15)25-10-12-26(17)13-11-25;1-2/h18H,2-13,17H2,1H3;1-2H3. The molecule has 28 heavy (non-hydrogen) atoms. The fraction of sp³-hybridized carbons (Fsp3) is 0.833. The van der Waals surface area contributed by atoms with E-state index < -0.39 is 0 Å². The van der Waals surface area contributed by atoms with Crippen LogP contribution in [0.5, 0.6) is 0 Å². The lowest BCUT2D eigenvalue weighted by atomic mass is 10.3. The van der Waals surface area contributed by atoms with E-state index in [0.29, 0.717) is 0 Å². The predicted molar refractivity (Wildman–Crippen MR) is 114 cm³/mol. The van der Waals surface area contributed by atoms with Gasteiger partial charge in [0.25, 0.3) is 0 Å². The average Bonchev–Trinajstić information content (AvgIpc) is 2.76. The average molecular weight is 393 g/mol.